The van der Waals surface area contributed by atoms with Crippen molar-refractivity contribution in [3.05, 3.63) is 0 Å². The van der Waals surface area contributed by atoms with Crippen LogP contribution in [0.5, 0.6) is 0 Å². The van der Waals surface area contributed by atoms with Crippen LogP contribution in [0.4, 0.5) is 0 Å². The molecule has 0 aromatic heterocycles. The van der Waals surface area contributed by atoms with E-state index in [9.17, 15) is 4.79 Å². The van der Waals surface area contributed by atoms with Crippen LogP contribution in [0.15, 0.2) is 0 Å². The average molecular weight is 270 g/mol. The zero-order valence-electron chi connectivity index (χ0n) is 12.9. The Morgan fingerprint density at radius 3 is 2.63 bits per heavy atom. The molecule has 19 heavy (non-hydrogen) atoms. The zero-order chi connectivity index (χ0) is 14.3. The van der Waals surface area contributed by atoms with E-state index in [4.69, 9.17) is 4.74 Å². The number of nitrogens with zero attached hydrogens (tertiary/aromatic N) is 1. The summed E-state index contributed by atoms with van der Waals surface area (Å²) >= 11 is 0. The first-order chi connectivity index (χ1) is 9.04. The van der Waals surface area contributed by atoms with Gasteiger partial charge in [-0.1, -0.05) is 13.3 Å². The Kier molecular flexibility index (Phi) is 7.39. The molecular weight excluding hydrogens is 240 g/mol. The molecule has 2 atom stereocenters. The smallest absolute Gasteiger partial charge is 0.309 e. The Balaban J connectivity index is 2.45. The van der Waals surface area contributed by atoms with E-state index < -0.39 is 0 Å². The number of esters is 1. The second-order valence-electron chi connectivity index (χ2n) is 5.85. The normalized spacial score (nSPS) is 21.7. The predicted molar refractivity (Wildman–Crippen MR) is 78.1 cm³/mol. The van der Waals surface area contributed by atoms with E-state index in [1.807, 2.05) is 13.8 Å². The van der Waals surface area contributed by atoms with Crippen LogP contribution in [-0.2, 0) is 9.53 Å². The van der Waals surface area contributed by atoms with Crippen LogP contribution in [0.2, 0.25) is 0 Å². The van der Waals surface area contributed by atoms with Gasteiger partial charge in [-0.3, -0.25) is 9.69 Å². The van der Waals surface area contributed by atoms with Crippen molar-refractivity contribution in [1.29, 1.82) is 0 Å². The lowest BCUT2D eigenvalue weighted by atomic mass is 10.0. The molecule has 4 nitrogen and oxygen atoms in total. The van der Waals surface area contributed by atoms with E-state index >= 15 is 0 Å². The van der Waals surface area contributed by atoms with Gasteiger partial charge in [0.1, 0.15) is 0 Å². The number of hydrogen-bond donors (Lipinski definition) is 1. The van der Waals surface area contributed by atoms with Crippen molar-refractivity contribution < 1.29 is 9.53 Å². The minimum absolute atomic E-state index is 0.0501. The largest absolute Gasteiger partial charge is 0.466 e. The summed E-state index contributed by atoms with van der Waals surface area (Å²) in [6, 6.07) is 1.03. The SMILES string of the molecule is CCOC(=O)C(C)CN(CC1CCCCN1)C(C)C. The topological polar surface area (TPSA) is 41.6 Å². The molecule has 1 aliphatic heterocycles. The highest BCUT2D eigenvalue weighted by molar-refractivity contribution is 5.72. The average Bonchev–Trinajstić information content (AvgIpc) is 2.39. The fraction of sp³-hybridized carbons (Fsp3) is 0.933. The lowest BCUT2D eigenvalue weighted by molar-refractivity contribution is -0.148. The van der Waals surface area contributed by atoms with Crippen LogP contribution in [0, 0.1) is 5.92 Å². The summed E-state index contributed by atoms with van der Waals surface area (Å²) in [5, 5.41) is 3.57. The molecule has 1 saturated heterocycles. The molecule has 0 saturated carbocycles. The third-order valence-corrected chi connectivity index (χ3v) is 3.79. The second kappa shape index (κ2) is 8.54. The summed E-state index contributed by atoms with van der Waals surface area (Å²) in [6.45, 7) is 11.6. The molecule has 1 heterocycles. The van der Waals surface area contributed by atoms with Gasteiger partial charge >= 0.3 is 5.97 Å². The molecule has 4 heteroatoms. The maximum Gasteiger partial charge on any atom is 0.309 e. The minimum Gasteiger partial charge on any atom is -0.466 e. The molecule has 0 aromatic rings. The fourth-order valence-corrected chi connectivity index (χ4v) is 2.57. The monoisotopic (exact) mass is 270 g/mol. The van der Waals surface area contributed by atoms with Crippen molar-refractivity contribution >= 4 is 5.97 Å². The van der Waals surface area contributed by atoms with Crippen LogP contribution in [0.1, 0.15) is 47.0 Å². The van der Waals surface area contributed by atoms with Crippen LogP contribution in [-0.4, -0.2) is 49.2 Å². The lowest BCUT2D eigenvalue weighted by Crippen LogP contribution is -2.47. The van der Waals surface area contributed by atoms with E-state index in [-0.39, 0.29) is 11.9 Å². The first kappa shape index (κ1) is 16.4. The van der Waals surface area contributed by atoms with Crippen LogP contribution in [0.3, 0.4) is 0 Å². The quantitative estimate of drug-likeness (QED) is 0.719. The molecule has 112 valence electrons. The van der Waals surface area contributed by atoms with Crippen molar-refractivity contribution in [2.45, 2.75) is 59.0 Å². The van der Waals surface area contributed by atoms with Crippen LogP contribution < -0.4 is 5.32 Å². The van der Waals surface area contributed by atoms with E-state index in [0.717, 1.165) is 19.6 Å². The van der Waals surface area contributed by atoms with Gasteiger partial charge in [-0.05, 0) is 40.2 Å². The Labute approximate surface area is 117 Å². The molecule has 0 aliphatic carbocycles. The van der Waals surface area contributed by atoms with E-state index in [1.54, 1.807) is 0 Å². The standard InChI is InChI=1S/C15H30N2O2/c1-5-19-15(18)13(4)10-17(12(2)3)11-14-8-6-7-9-16-14/h12-14,16H,5-11H2,1-4H3. The number of carbonyl (C=O) groups excluding carboxylic acids is 1. The van der Waals surface area contributed by atoms with Crippen molar-refractivity contribution in [3.63, 3.8) is 0 Å². The Morgan fingerprint density at radius 2 is 2.11 bits per heavy atom. The van der Waals surface area contributed by atoms with Crippen molar-refractivity contribution in [2.75, 3.05) is 26.2 Å². The number of ether oxygens (including phenoxy) is 1. The summed E-state index contributed by atoms with van der Waals surface area (Å²) in [5.41, 5.74) is 0. The molecule has 0 spiro atoms. The summed E-state index contributed by atoms with van der Waals surface area (Å²) in [6.07, 6.45) is 3.85. The predicted octanol–water partition coefficient (Wildman–Crippen LogP) is 2.04. The highest BCUT2D eigenvalue weighted by atomic mass is 16.5. The van der Waals surface area contributed by atoms with Gasteiger partial charge in [-0.15, -0.1) is 0 Å². The van der Waals surface area contributed by atoms with Crippen LogP contribution >= 0.6 is 0 Å². The Morgan fingerprint density at radius 1 is 1.37 bits per heavy atom. The van der Waals surface area contributed by atoms with E-state index in [0.29, 0.717) is 18.7 Å². The van der Waals surface area contributed by atoms with Gasteiger partial charge in [0.05, 0.1) is 12.5 Å². The Bertz CT molecular complexity index is 263. The van der Waals surface area contributed by atoms with Gasteiger partial charge in [0.2, 0.25) is 0 Å². The molecule has 1 rings (SSSR count). The molecule has 2 unspecified atom stereocenters. The van der Waals surface area contributed by atoms with Crippen molar-refractivity contribution in [1.82, 2.24) is 10.2 Å². The number of hydrogen-bond acceptors (Lipinski definition) is 4. The summed E-state index contributed by atoms with van der Waals surface area (Å²) in [4.78, 5) is 14.1. The summed E-state index contributed by atoms with van der Waals surface area (Å²) in [5.74, 6) is -0.129. The highest BCUT2D eigenvalue weighted by Gasteiger charge is 2.23. The molecule has 1 aliphatic rings. The molecular formula is C15H30N2O2. The van der Waals surface area contributed by atoms with E-state index in [2.05, 4.69) is 24.1 Å². The molecule has 1 fully saturated rings. The number of carbonyl (C=O) groups is 1. The maximum atomic E-state index is 11.7. The molecule has 0 amide bonds. The number of rotatable bonds is 7. The summed E-state index contributed by atoms with van der Waals surface area (Å²) in [7, 11) is 0. The van der Waals surface area contributed by atoms with E-state index in [1.165, 1.54) is 19.3 Å². The highest BCUT2D eigenvalue weighted by Crippen LogP contribution is 2.12. The van der Waals surface area contributed by atoms with Crippen molar-refractivity contribution in [3.8, 4) is 0 Å². The minimum atomic E-state index is -0.0789. The van der Waals surface area contributed by atoms with Gasteiger partial charge in [-0.25, -0.2) is 0 Å². The van der Waals surface area contributed by atoms with Gasteiger partial charge < -0.3 is 10.1 Å². The maximum absolute atomic E-state index is 11.7. The molecule has 0 radical (unpaired) electrons. The van der Waals surface area contributed by atoms with Crippen LogP contribution in [0.25, 0.3) is 0 Å². The summed E-state index contributed by atoms with van der Waals surface area (Å²) < 4.78 is 5.09. The first-order valence-corrected chi connectivity index (χ1v) is 7.68. The number of nitrogens with one attached hydrogen (secondary N) is 1. The zero-order valence-corrected chi connectivity index (χ0v) is 12.9. The first-order valence-electron chi connectivity index (χ1n) is 7.68. The molecule has 0 aromatic carbocycles. The Hall–Kier alpha value is -0.610. The van der Waals surface area contributed by atoms with Gasteiger partial charge in [-0.2, -0.15) is 0 Å². The second-order valence-corrected chi connectivity index (χ2v) is 5.85. The van der Waals surface area contributed by atoms with Crippen molar-refractivity contribution in [2.24, 2.45) is 5.92 Å². The third kappa shape index (κ3) is 5.91. The van der Waals surface area contributed by atoms with Gasteiger partial charge in [0, 0.05) is 25.2 Å². The van der Waals surface area contributed by atoms with Gasteiger partial charge in [0.25, 0.3) is 0 Å². The van der Waals surface area contributed by atoms with Gasteiger partial charge in [0.15, 0.2) is 0 Å². The number of piperidine rings is 1. The fourth-order valence-electron chi connectivity index (χ4n) is 2.57. The molecule has 1 N–H and O–H groups in total. The lowest BCUT2D eigenvalue weighted by Gasteiger charge is -2.34. The molecule has 0 bridgehead atoms. The third-order valence-electron chi connectivity index (χ3n) is 3.79.